The second kappa shape index (κ2) is 6.52. The zero-order valence-corrected chi connectivity index (χ0v) is 13.8. The van der Waals surface area contributed by atoms with E-state index in [0.29, 0.717) is 6.42 Å². The Morgan fingerprint density at radius 2 is 1.62 bits per heavy atom. The zero-order chi connectivity index (χ0) is 16.4. The van der Waals surface area contributed by atoms with Crippen molar-refractivity contribution < 1.29 is 4.79 Å². The van der Waals surface area contributed by atoms with Gasteiger partial charge in [-0.3, -0.25) is 4.79 Å². The van der Waals surface area contributed by atoms with Crippen LogP contribution in [-0.2, 0) is 17.8 Å². The van der Waals surface area contributed by atoms with Gasteiger partial charge in [-0.25, -0.2) is 0 Å². The first-order chi connectivity index (χ1) is 11.8. The molecule has 0 N–H and O–H groups in total. The molecule has 0 spiro atoms. The molecule has 0 bridgehead atoms. The van der Waals surface area contributed by atoms with Gasteiger partial charge in [0.2, 0.25) is 5.91 Å². The molecule has 0 radical (unpaired) electrons. The molecule has 0 saturated carbocycles. The molecule has 0 unspecified atom stereocenters. The molecule has 4 rings (SSSR count). The van der Waals surface area contributed by atoms with E-state index in [4.69, 9.17) is 0 Å². The van der Waals surface area contributed by atoms with E-state index in [0.717, 1.165) is 38.0 Å². The van der Waals surface area contributed by atoms with E-state index in [1.807, 2.05) is 11.0 Å². The number of carbonyl (C=O) groups excluding carboxylic acids is 1. The van der Waals surface area contributed by atoms with Crippen LogP contribution < -0.4 is 0 Å². The van der Waals surface area contributed by atoms with Gasteiger partial charge in [-0.1, -0.05) is 48.5 Å². The highest BCUT2D eigenvalue weighted by atomic mass is 16.2. The van der Waals surface area contributed by atoms with Crippen LogP contribution in [0.2, 0.25) is 0 Å². The lowest BCUT2D eigenvalue weighted by Crippen LogP contribution is -2.28. The molecule has 1 saturated heterocycles. The number of fused-ring (bicyclic) bond motifs is 1. The number of aromatic nitrogens is 1. The highest BCUT2D eigenvalue weighted by Crippen LogP contribution is 2.24. The Morgan fingerprint density at radius 1 is 0.917 bits per heavy atom. The predicted molar refractivity (Wildman–Crippen MR) is 97.0 cm³/mol. The minimum absolute atomic E-state index is 0.259. The lowest BCUT2D eigenvalue weighted by molar-refractivity contribution is -0.129. The number of nitrogens with zero attached hydrogens (tertiary/aromatic N) is 2. The summed E-state index contributed by atoms with van der Waals surface area (Å²) in [5.74, 6) is 0.259. The van der Waals surface area contributed by atoms with Gasteiger partial charge >= 0.3 is 0 Å². The predicted octanol–water partition coefficient (Wildman–Crippen LogP) is 3.85. The molecule has 2 heterocycles. The summed E-state index contributed by atoms with van der Waals surface area (Å²) < 4.78 is 2.26. The van der Waals surface area contributed by atoms with Crippen molar-refractivity contribution in [3.8, 4) is 0 Å². The van der Waals surface area contributed by atoms with E-state index in [2.05, 4.69) is 59.3 Å². The fourth-order valence-corrected chi connectivity index (χ4v) is 3.62. The summed E-state index contributed by atoms with van der Waals surface area (Å²) in [7, 11) is 0. The van der Waals surface area contributed by atoms with Gasteiger partial charge in [-0.2, -0.15) is 0 Å². The molecule has 0 aliphatic carbocycles. The van der Waals surface area contributed by atoms with Crippen molar-refractivity contribution in [1.29, 1.82) is 0 Å². The van der Waals surface area contributed by atoms with Crippen LogP contribution >= 0.6 is 0 Å². The van der Waals surface area contributed by atoms with Crippen LogP contribution in [0, 0.1) is 0 Å². The van der Waals surface area contributed by atoms with E-state index in [1.165, 1.54) is 16.5 Å². The maximum absolute atomic E-state index is 12.5. The van der Waals surface area contributed by atoms with Gasteiger partial charge in [0.25, 0.3) is 0 Å². The van der Waals surface area contributed by atoms with Crippen molar-refractivity contribution in [3.63, 3.8) is 0 Å². The van der Waals surface area contributed by atoms with Crippen LogP contribution in [-0.4, -0.2) is 28.5 Å². The number of hydrogen-bond donors (Lipinski definition) is 0. The van der Waals surface area contributed by atoms with Crippen LogP contribution in [0.4, 0.5) is 0 Å². The van der Waals surface area contributed by atoms with Crippen molar-refractivity contribution >= 4 is 16.8 Å². The maximum atomic E-state index is 12.5. The van der Waals surface area contributed by atoms with Crippen LogP contribution in [0.1, 0.15) is 24.0 Å². The molecular weight excluding hydrogens is 296 g/mol. The van der Waals surface area contributed by atoms with Crippen molar-refractivity contribution in [3.05, 3.63) is 71.9 Å². The number of para-hydroxylation sites is 1. The fraction of sp³-hybridized carbons (Fsp3) is 0.286. The molecule has 3 heteroatoms. The number of benzene rings is 2. The second-order valence-corrected chi connectivity index (χ2v) is 6.55. The Morgan fingerprint density at radius 3 is 2.42 bits per heavy atom. The highest BCUT2D eigenvalue weighted by Gasteiger charge is 2.20. The first-order valence-electron chi connectivity index (χ1n) is 8.70. The normalized spacial score (nSPS) is 14.4. The number of amides is 1. The van der Waals surface area contributed by atoms with E-state index < -0.39 is 0 Å². The molecule has 1 fully saturated rings. The maximum Gasteiger partial charge on any atom is 0.227 e. The topological polar surface area (TPSA) is 25.2 Å². The Kier molecular flexibility index (Phi) is 4.08. The summed E-state index contributed by atoms with van der Waals surface area (Å²) in [6, 6.07) is 18.9. The smallest absolute Gasteiger partial charge is 0.227 e. The molecule has 1 aliphatic rings. The van der Waals surface area contributed by atoms with Crippen molar-refractivity contribution in [2.45, 2.75) is 25.8 Å². The molecule has 3 nitrogen and oxygen atoms in total. The molecule has 3 aromatic rings. The van der Waals surface area contributed by atoms with Crippen LogP contribution in [0.5, 0.6) is 0 Å². The Labute approximate surface area is 142 Å². The number of rotatable bonds is 4. The zero-order valence-electron chi connectivity index (χ0n) is 13.8. The molecule has 24 heavy (non-hydrogen) atoms. The summed E-state index contributed by atoms with van der Waals surface area (Å²) in [6.07, 6.45) is 4.94. The quantitative estimate of drug-likeness (QED) is 0.717. The Balaban J connectivity index is 1.65. The molecular formula is C21H22N2O. The average molecular weight is 318 g/mol. The third-order valence-electron chi connectivity index (χ3n) is 4.87. The van der Waals surface area contributed by atoms with Gasteiger partial charge in [-0.15, -0.1) is 0 Å². The molecule has 0 atom stereocenters. The van der Waals surface area contributed by atoms with Gasteiger partial charge in [0, 0.05) is 36.7 Å². The van der Waals surface area contributed by atoms with Gasteiger partial charge in [0.05, 0.1) is 6.42 Å². The molecule has 2 aromatic carbocycles. The van der Waals surface area contributed by atoms with Crippen LogP contribution in [0.25, 0.3) is 10.9 Å². The summed E-state index contributed by atoms with van der Waals surface area (Å²) in [4.78, 5) is 14.5. The van der Waals surface area contributed by atoms with Crippen LogP contribution in [0.15, 0.2) is 60.8 Å². The van der Waals surface area contributed by atoms with Crippen LogP contribution in [0.3, 0.4) is 0 Å². The molecule has 1 aromatic heterocycles. The monoisotopic (exact) mass is 318 g/mol. The number of hydrogen-bond acceptors (Lipinski definition) is 1. The molecule has 1 aliphatic heterocycles. The van der Waals surface area contributed by atoms with E-state index >= 15 is 0 Å². The largest absolute Gasteiger partial charge is 0.343 e. The first-order valence-corrected chi connectivity index (χ1v) is 8.70. The standard InChI is InChI=1S/C21H22N2O/c24-21(22-12-6-7-13-22)14-18-16-23(15-17-8-2-1-3-9-17)20-11-5-4-10-19(18)20/h1-5,8-11,16H,6-7,12-15H2. The minimum atomic E-state index is 0.259. The Bertz CT molecular complexity index is 845. The van der Waals surface area contributed by atoms with Gasteiger partial charge < -0.3 is 9.47 Å². The average Bonchev–Trinajstić information content (AvgIpc) is 3.26. The van der Waals surface area contributed by atoms with Gasteiger partial charge in [0.1, 0.15) is 0 Å². The fourth-order valence-electron chi connectivity index (χ4n) is 3.62. The summed E-state index contributed by atoms with van der Waals surface area (Å²) in [5, 5.41) is 1.20. The number of likely N-dealkylation sites (tertiary alicyclic amines) is 1. The molecule has 1 amide bonds. The van der Waals surface area contributed by atoms with E-state index in [-0.39, 0.29) is 5.91 Å². The first kappa shape index (κ1) is 15.0. The number of carbonyl (C=O) groups is 1. The SMILES string of the molecule is O=C(Cc1cn(Cc2ccccc2)c2ccccc12)N1CCCC1. The minimum Gasteiger partial charge on any atom is -0.343 e. The highest BCUT2D eigenvalue weighted by molar-refractivity contribution is 5.89. The Hall–Kier alpha value is -2.55. The summed E-state index contributed by atoms with van der Waals surface area (Å²) in [5.41, 5.74) is 3.61. The van der Waals surface area contributed by atoms with Gasteiger partial charge in [0.15, 0.2) is 0 Å². The summed E-state index contributed by atoms with van der Waals surface area (Å²) >= 11 is 0. The van der Waals surface area contributed by atoms with E-state index in [9.17, 15) is 4.79 Å². The lowest BCUT2D eigenvalue weighted by atomic mass is 10.1. The van der Waals surface area contributed by atoms with Gasteiger partial charge in [-0.05, 0) is 30.0 Å². The van der Waals surface area contributed by atoms with Crippen molar-refractivity contribution in [2.75, 3.05) is 13.1 Å². The van der Waals surface area contributed by atoms with Crippen molar-refractivity contribution in [1.82, 2.24) is 9.47 Å². The third-order valence-corrected chi connectivity index (χ3v) is 4.87. The van der Waals surface area contributed by atoms with E-state index in [1.54, 1.807) is 0 Å². The molecule has 122 valence electrons. The summed E-state index contributed by atoms with van der Waals surface area (Å²) in [6.45, 7) is 2.67. The lowest BCUT2D eigenvalue weighted by Gasteiger charge is -2.14. The van der Waals surface area contributed by atoms with Crippen molar-refractivity contribution in [2.24, 2.45) is 0 Å². The second-order valence-electron chi connectivity index (χ2n) is 6.55. The third kappa shape index (κ3) is 2.94.